The van der Waals surface area contributed by atoms with E-state index in [9.17, 15) is 19.7 Å². The number of anilines is 1. The van der Waals surface area contributed by atoms with Gasteiger partial charge < -0.3 is 10.1 Å². The normalized spacial score (nSPS) is 11.5. The first-order valence-corrected chi connectivity index (χ1v) is 7.60. The molecule has 2 rings (SSSR count). The summed E-state index contributed by atoms with van der Waals surface area (Å²) in [4.78, 5) is 33.6. The summed E-state index contributed by atoms with van der Waals surface area (Å²) in [6, 6.07) is 9.33. The van der Waals surface area contributed by atoms with Gasteiger partial charge in [-0.25, -0.2) is 0 Å². The largest absolute Gasteiger partial charge is 0.480 e. The van der Waals surface area contributed by atoms with Crippen LogP contribution in [0.2, 0.25) is 0 Å². The minimum atomic E-state index is -0.889. The molecule has 0 aliphatic heterocycles. The van der Waals surface area contributed by atoms with Crippen LogP contribution < -0.4 is 10.1 Å². The Balaban J connectivity index is 2.14. The Bertz CT molecular complexity index is 832. The van der Waals surface area contributed by atoms with E-state index >= 15 is 0 Å². The summed E-state index contributed by atoms with van der Waals surface area (Å²) in [6.45, 7) is 5.33. The van der Waals surface area contributed by atoms with Crippen LogP contribution in [0.5, 0.6) is 5.75 Å². The average Bonchev–Trinajstić information content (AvgIpc) is 2.58. The number of aldehydes is 1. The predicted molar refractivity (Wildman–Crippen MR) is 93.1 cm³/mol. The predicted octanol–water partition coefficient (Wildman–Crippen LogP) is 3.43. The molecule has 7 heteroatoms. The summed E-state index contributed by atoms with van der Waals surface area (Å²) in [7, 11) is 0. The van der Waals surface area contributed by atoms with Gasteiger partial charge >= 0.3 is 0 Å². The molecule has 0 aliphatic carbocycles. The van der Waals surface area contributed by atoms with Crippen molar-refractivity contribution < 1.29 is 19.2 Å². The van der Waals surface area contributed by atoms with Gasteiger partial charge in [-0.2, -0.15) is 0 Å². The first kappa shape index (κ1) is 18.1. The van der Waals surface area contributed by atoms with Crippen LogP contribution in [0.1, 0.15) is 28.4 Å². The lowest BCUT2D eigenvalue weighted by atomic mass is 10.1. The molecular weight excluding hydrogens is 324 g/mol. The maximum absolute atomic E-state index is 12.3. The van der Waals surface area contributed by atoms with Crippen LogP contribution >= 0.6 is 0 Å². The smallest absolute Gasteiger partial charge is 0.270 e. The number of ether oxygens (including phenoxy) is 1. The Hall–Kier alpha value is -3.22. The van der Waals surface area contributed by atoms with Crippen LogP contribution in [0.25, 0.3) is 0 Å². The highest BCUT2D eigenvalue weighted by Crippen LogP contribution is 2.24. The lowest BCUT2D eigenvalue weighted by Gasteiger charge is -2.17. The molecule has 25 heavy (non-hydrogen) atoms. The van der Waals surface area contributed by atoms with Crippen molar-refractivity contribution in [2.45, 2.75) is 26.9 Å². The second-order valence-electron chi connectivity index (χ2n) is 5.66. The van der Waals surface area contributed by atoms with Gasteiger partial charge in [-0.1, -0.05) is 12.1 Å². The molecule has 0 fully saturated rings. The van der Waals surface area contributed by atoms with Crippen molar-refractivity contribution in [3.63, 3.8) is 0 Å². The molecule has 1 atom stereocenters. The van der Waals surface area contributed by atoms with E-state index < -0.39 is 11.0 Å². The van der Waals surface area contributed by atoms with Crippen LogP contribution in [-0.2, 0) is 4.79 Å². The third-order valence-corrected chi connectivity index (χ3v) is 3.66. The second kappa shape index (κ2) is 7.57. The molecule has 0 aliphatic rings. The fourth-order valence-electron chi connectivity index (χ4n) is 2.20. The molecule has 0 saturated heterocycles. The van der Waals surface area contributed by atoms with E-state index in [4.69, 9.17) is 4.74 Å². The molecule has 0 heterocycles. The third-order valence-electron chi connectivity index (χ3n) is 3.66. The zero-order chi connectivity index (χ0) is 18.6. The van der Waals surface area contributed by atoms with Crippen molar-refractivity contribution in [1.82, 2.24) is 0 Å². The van der Waals surface area contributed by atoms with Gasteiger partial charge in [0.15, 0.2) is 12.4 Å². The molecule has 0 unspecified atom stereocenters. The number of rotatable bonds is 6. The molecule has 0 radical (unpaired) electrons. The number of carbonyl (C=O) groups is 2. The summed E-state index contributed by atoms with van der Waals surface area (Å²) in [5.41, 5.74) is 2.39. The summed E-state index contributed by atoms with van der Waals surface area (Å²) in [5.74, 6) is -0.270. The van der Waals surface area contributed by atoms with Gasteiger partial charge in [0.05, 0.1) is 10.5 Å². The lowest BCUT2D eigenvalue weighted by Crippen LogP contribution is -2.30. The zero-order valence-electron chi connectivity index (χ0n) is 14.1. The molecule has 0 spiro atoms. The molecule has 2 aromatic carbocycles. The Labute approximate surface area is 144 Å². The molecule has 130 valence electrons. The van der Waals surface area contributed by atoms with E-state index in [1.807, 2.05) is 32.0 Å². The van der Waals surface area contributed by atoms with E-state index in [-0.39, 0.29) is 22.9 Å². The summed E-state index contributed by atoms with van der Waals surface area (Å²) >= 11 is 0. The number of non-ortho nitro benzene ring substituents is 1. The van der Waals surface area contributed by atoms with Crippen LogP contribution in [0, 0.1) is 24.0 Å². The van der Waals surface area contributed by atoms with E-state index in [0.717, 1.165) is 17.2 Å². The number of nitrogens with zero attached hydrogens (tertiary/aromatic N) is 1. The highest BCUT2D eigenvalue weighted by molar-refractivity contribution is 5.95. The molecule has 0 saturated carbocycles. The molecule has 7 nitrogen and oxygen atoms in total. The molecule has 1 amide bonds. The van der Waals surface area contributed by atoms with Crippen molar-refractivity contribution in [2.75, 3.05) is 5.32 Å². The maximum Gasteiger partial charge on any atom is 0.270 e. The lowest BCUT2D eigenvalue weighted by molar-refractivity contribution is -0.384. The minimum Gasteiger partial charge on any atom is -0.480 e. The Morgan fingerprint density at radius 2 is 1.96 bits per heavy atom. The van der Waals surface area contributed by atoms with Crippen molar-refractivity contribution >= 4 is 23.6 Å². The number of amides is 1. The zero-order valence-corrected chi connectivity index (χ0v) is 14.1. The van der Waals surface area contributed by atoms with Crippen LogP contribution in [0.15, 0.2) is 36.4 Å². The van der Waals surface area contributed by atoms with E-state index in [1.165, 1.54) is 19.1 Å². The van der Waals surface area contributed by atoms with E-state index in [2.05, 4.69) is 5.32 Å². The number of nitrogens with one attached hydrogen (secondary N) is 1. The third kappa shape index (κ3) is 4.41. The summed E-state index contributed by atoms with van der Waals surface area (Å²) < 4.78 is 5.51. The fourth-order valence-corrected chi connectivity index (χ4v) is 2.20. The van der Waals surface area contributed by atoms with Crippen LogP contribution in [0.4, 0.5) is 11.4 Å². The van der Waals surface area contributed by atoms with Gasteiger partial charge in [0, 0.05) is 17.8 Å². The maximum atomic E-state index is 12.3. The highest BCUT2D eigenvalue weighted by Gasteiger charge is 2.19. The highest BCUT2D eigenvalue weighted by atomic mass is 16.6. The van der Waals surface area contributed by atoms with Gasteiger partial charge in [-0.05, 0) is 44.0 Å². The molecule has 0 bridgehead atoms. The average molecular weight is 342 g/mol. The Morgan fingerprint density at radius 1 is 1.24 bits per heavy atom. The van der Waals surface area contributed by atoms with Gasteiger partial charge in [0.1, 0.15) is 5.75 Å². The van der Waals surface area contributed by atoms with Crippen LogP contribution in [-0.4, -0.2) is 23.2 Å². The van der Waals surface area contributed by atoms with E-state index in [0.29, 0.717) is 12.0 Å². The molecule has 0 aromatic heterocycles. The summed E-state index contributed by atoms with van der Waals surface area (Å²) in [6.07, 6.45) is -0.433. The Kier molecular flexibility index (Phi) is 5.49. The standard InChI is InChI=1S/C18H18N2O5/c1-11-4-5-12(2)16(8-11)19-18(22)13(3)25-17-7-6-15(20(23)24)9-14(17)10-21/h4-10,13H,1-3H3,(H,19,22)/t13-/m0/s1. The number of hydrogen-bond acceptors (Lipinski definition) is 5. The van der Waals surface area contributed by atoms with Crippen molar-refractivity contribution in [1.29, 1.82) is 0 Å². The minimum absolute atomic E-state index is 0.0144. The SMILES string of the molecule is Cc1ccc(C)c(NC(=O)[C@H](C)Oc2ccc([N+](=O)[O-])cc2C=O)c1. The monoisotopic (exact) mass is 342 g/mol. The number of nitro benzene ring substituents is 1. The quantitative estimate of drug-likeness (QED) is 0.492. The molecular formula is C18H18N2O5. The molecule has 1 N–H and O–H groups in total. The first-order chi connectivity index (χ1) is 11.8. The number of benzene rings is 2. The Morgan fingerprint density at radius 3 is 2.60 bits per heavy atom. The van der Waals surface area contributed by atoms with Gasteiger partial charge in [-0.15, -0.1) is 0 Å². The van der Waals surface area contributed by atoms with Crippen molar-refractivity contribution in [2.24, 2.45) is 0 Å². The van der Waals surface area contributed by atoms with Gasteiger partial charge in [0.25, 0.3) is 11.6 Å². The topological polar surface area (TPSA) is 98.5 Å². The number of nitro groups is 1. The van der Waals surface area contributed by atoms with Gasteiger partial charge in [0.2, 0.25) is 0 Å². The number of hydrogen-bond donors (Lipinski definition) is 1. The van der Waals surface area contributed by atoms with Gasteiger partial charge in [-0.3, -0.25) is 19.7 Å². The van der Waals surface area contributed by atoms with Crippen LogP contribution in [0.3, 0.4) is 0 Å². The molecule has 2 aromatic rings. The number of carbonyl (C=O) groups excluding carboxylic acids is 2. The van der Waals surface area contributed by atoms with E-state index in [1.54, 1.807) is 0 Å². The summed E-state index contributed by atoms with van der Waals surface area (Å²) in [5, 5.41) is 13.5. The van der Waals surface area contributed by atoms with Crippen molar-refractivity contribution in [3.8, 4) is 5.75 Å². The first-order valence-electron chi connectivity index (χ1n) is 7.60. The fraction of sp³-hybridized carbons (Fsp3) is 0.222. The number of aryl methyl sites for hydroxylation is 2. The van der Waals surface area contributed by atoms with Crippen molar-refractivity contribution in [3.05, 3.63) is 63.2 Å². The second-order valence-corrected chi connectivity index (χ2v) is 5.66.